The lowest BCUT2D eigenvalue weighted by Gasteiger charge is -2.06. The molecule has 156 valence electrons. The van der Waals surface area contributed by atoms with E-state index < -0.39 is 56.6 Å². The van der Waals surface area contributed by atoms with Crippen LogP contribution < -0.4 is 5.56 Å². The van der Waals surface area contributed by atoms with Crippen LogP contribution in [0.4, 0.5) is 26.3 Å². The molecule has 0 radical (unpaired) electrons. The van der Waals surface area contributed by atoms with Crippen molar-refractivity contribution < 1.29 is 31.1 Å². The van der Waals surface area contributed by atoms with Gasteiger partial charge in [-0.1, -0.05) is 29.9 Å². The SMILES string of the molecule is CCC(=O)c1c(C(F)(F)F)sc2nc(Cn3nc(C(F)(F)F)cc3Cl)cc(=O)n12. The van der Waals surface area contributed by atoms with Gasteiger partial charge in [0.25, 0.3) is 5.56 Å². The molecule has 0 aliphatic rings. The molecular weight excluding hydrogens is 450 g/mol. The van der Waals surface area contributed by atoms with Gasteiger partial charge in [-0.2, -0.15) is 31.4 Å². The molecule has 0 spiro atoms. The number of Topliss-reactive ketones (excluding diaryl/α,β-unsaturated/α-hetero) is 1. The molecule has 0 bridgehead atoms. The molecule has 3 heterocycles. The highest BCUT2D eigenvalue weighted by Crippen LogP contribution is 2.38. The first-order chi connectivity index (χ1) is 13.3. The molecule has 0 aliphatic carbocycles. The molecule has 3 aromatic heterocycles. The summed E-state index contributed by atoms with van der Waals surface area (Å²) in [7, 11) is 0. The van der Waals surface area contributed by atoms with Gasteiger partial charge in [-0.15, -0.1) is 0 Å². The van der Waals surface area contributed by atoms with Crippen LogP contribution in [0, 0.1) is 0 Å². The normalized spacial score (nSPS) is 12.7. The zero-order valence-corrected chi connectivity index (χ0v) is 15.8. The van der Waals surface area contributed by atoms with E-state index in [2.05, 4.69) is 10.1 Å². The first-order valence-electron chi connectivity index (χ1n) is 7.79. The van der Waals surface area contributed by atoms with E-state index in [0.29, 0.717) is 15.1 Å². The van der Waals surface area contributed by atoms with E-state index in [1.54, 1.807) is 0 Å². The molecule has 0 atom stereocenters. The minimum atomic E-state index is -4.89. The minimum absolute atomic E-state index is 0.0905. The van der Waals surface area contributed by atoms with E-state index in [1.807, 2.05) is 0 Å². The van der Waals surface area contributed by atoms with Crippen molar-refractivity contribution in [2.45, 2.75) is 32.2 Å². The monoisotopic (exact) mass is 458 g/mol. The van der Waals surface area contributed by atoms with Gasteiger partial charge in [0.2, 0.25) is 0 Å². The van der Waals surface area contributed by atoms with E-state index in [1.165, 1.54) is 6.92 Å². The van der Waals surface area contributed by atoms with Gasteiger partial charge in [0.1, 0.15) is 15.7 Å². The summed E-state index contributed by atoms with van der Waals surface area (Å²) in [5.74, 6) is -0.898. The van der Waals surface area contributed by atoms with E-state index >= 15 is 0 Å². The number of ketones is 1. The standard InChI is InChI=1S/C15H9ClF6N4O2S/c1-2-7(27)11-12(15(20,21)22)29-13-23-6(3-10(28)26(11)13)5-25-9(16)4-8(24-25)14(17,18)19/h3-4H,2,5H2,1H3. The number of alkyl halides is 6. The Morgan fingerprint density at radius 2 is 1.83 bits per heavy atom. The molecule has 0 aliphatic heterocycles. The number of hydrogen-bond donors (Lipinski definition) is 0. The van der Waals surface area contributed by atoms with Gasteiger partial charge >= 0.3 is 12.4 Å². The molecule has 0 saturated carbocycles. The summed E-state index contributed by atoms with van der Waals surface area (Å²) in [6, 6.07) is 1.38. The molecular formula is C15H9ClF6N4O2S. The fourth-order valence-corrected chi connectivity index (χ4v) is 3.75. The van der Waals surface area contributed by atoms with Crippen molar-refractivity contribution in [2.75, 3.05) is 0 Å². The maximum Gasteiger partial charge on any atom is 0.435 e. The summed E-state index contributed by atoms with van der Waals surface area (Å²) in [6.07, 6.45) is -9.92. The Kier molecular flexibility index (Phi) is 5.24. The van der Waals surface area contributed by atoms with Gasteiger partial charge in [0.05, 0.1) is 12.2 Å². The number of carbonyl (C=O) groups excluding carboxylic acids is 1. The van der Waals surface area contributed by atoms with Crippen LogP contribution in [0.5, 0.6) is 0 Å². The van der Waals surface area contributed by atoms with Gasteiger partial charge in [-0.05, 0) is 0 Å². The first kappa shape index (κ1) is 21.3. The third-order valence-corrected chi connectivity index (χ3v) is 5.14. The van der Waals surface area contributed by atoms with E-state index in [4.69, 9.17) is 11.6 Å². The Labute approximate surface area is 166 Å². The highest BCUT2D eigenvalue weighted by molar-refractivity contribution is 7.17. The predicted octanol–water partition coefficient (Wildman–Crippen LogP) is 4.28. The van der Waals surface area contributed by atoms with Crippen molar-refractivity contribution in [1.82, 2.24) is 19.2 Å². The third kappa shape index (κ3) is 4.01. The largest absolute Gasteiger partial charge is 0.435 e. The topological polar surface area (TPSA) is 69.3 Å². The van der Waals surface area contributed by atoms with E-state index in [0.717, 1.165) is 6.07 Å². The van der Waals surface area contributed by atoms with Gasteiger partial charge in [0, 0.05) is 18.6 Å². The molecule has 0 N–H and O–H groups in total. The van der Waals surface area contributed by atoms with Crippen LogP contribution in [0.15, 0.2) is 16.9 Å². The van der Waals surface area contributed by atoms with Crippen LogP contribution in [0.1, 0.15) is 40.1 Å². The van der Waals surface area contributed by atoms with Crippen LogP contribution in [0.25, 0.3) is 4.96 Å². The Hall–Kier alpha value is -2.41. The molecule has 14 heteroatoms. The number of aromatic nitrogens is 4. The summed E-state index contributed by atoms with van der Waals surface area (Å²) in [4.78, 5) is 26.6. The molecule has 0 saturated heterocycles. The van der Waals surface area contributed by atoms with Crippen molar-refractivity contribution >= 4 is 33.7 Å². The van der Waals surface area contributed by atoms with Crippen LogP contribution >= 0.6 is 22.9 Å². The van der Waals surface area contributed by atoms with Crippen molar-refractivity contribution in [3.05, 3.63) is 49.6 Å². The molecule has 0 unspecified atom stereocenters. The second-order valence-corrected chi connectivity index (χ2v) is 7.13. The van der Waals surface area contributed by atoms with Crippen LogP contribution in [0.3, 0.4) is 0 Å². The second-order valence-electron chi connectivity index (χ2n) is 5.77. The van der Waals surface area contributed by atoms with Gasteiger partial charge in [0.15, 0.2) is 16.4 Å². The summed E-state index contributed by atoms with van der Waals surface area (Å²) in [5, 5.41) is 2.87. The number of nitrogens with zero attached hydrogens (tertiary/aromatic N) is 4. The maximum absolute atomic E-state index is 13.3. The van der Waals surface area contributed by atoms with Crippen LogP contribution in [0.2, 0.25) is 5.15 Å². The number of thiazole rings is 1. The van der Waals surface area contributed by atoms with Crippen LogP contribution in [-0.4, -0.2) is 24.9 Å². The second kappa shape index (κ2) is 7.13. The van der Waals surface area contributed by atoms with Gasteiger partial charge in [-0.3, -0.25) is 9.59 Å². The third-order valence-electron chi connectivity index (χ3n) is 3.75. The average molecular weight is 459 g/mol. The molecule has 29 heavy (non-hydrogen) atoms. The molecule has 0 aromatic carbocycles. The van der Waals surface area contributed by atoms with E-state index in [9.17, 15) is 35.9 Å². The zero-order chi connectivity index (χ0) is 21.7. The molecule has 6 nitrogen and oxygen atoms in total. The number of rotatable bonds is 4. The zero-order valence-electron chi connectivity index (χ0n) is 14.2. The Morgan fingerprint density at radius 1 is 1.17 bits per heavy atom. The molecule has 0 fully saturated rings. The first-order valence-corrected chi connectivity index (χ1v) is 8.98. The van der Waals surface area contributed by atoms with E-state index in [-0.39, 0.29) is 23.5 Å². The quantitative estimate of drug-likeness (QED) is 0.432. The van der Waals surface area contributed by atoms with Crippen molar-refractivity contribution in [1.29, 1.82) is 0 Å². The fourth-order valence-electron chi connectivity index (χ4n) is 2.51. The number of hydrogen-bond acceptors (Lipinski definition) is 5. The summed E-state index contributed by atoms with van der Waals surface area (Å²) >= 11 is 5.80. The summed E-state index contributed by atoms with van der Waals surface area (Å²) < 4.78 is 79.3. The average Bonchev–Trinajstić information content (AvgIpc) is 3.15. The van der Waals surface area contributed by atoms with Crippen molar-refractivity contribution in [3.8, 4) is 0 Å². The Morgan fingerprint density at radius 3 is 2.34 bits per heavy atom. The molecule has 3 rings (SSSR count). The summed E-state index contributed by atoms with van der Waals surface area (Å²) in [5.41, 5.74) is -3.24. The number of halogens is 7. The van der Waals surface area contributed by atoms with Gasteiger partial charge < -0.3 is 0 Å². The smallest absolute Gasteiger partial charge is 0.292 e. The highest BCUT2D eigenvalue weighted by atomic mass is 35.5. The Bertz CT molecular complexity index is 1160. The van der Waals surface area contributed by atoms with Crippen molar-refractivity contribution in [2.24, 2.45) is 0 Å². The fraction of sp³-hybridized carbons (Fsp3) is 0.333. The highest BCUT2D eigenvalue weighted by Gasteiger charge is 2.40. The predicted molar refractivity (Wildman–Crippen MR) is 90.3 cm³/mol. The molecule has 3 aromatic rings. The van der Waals surface area contributed by atoms with Gasteiger partial charge in [-0.25, -0.2) is 14.1 Å². The number of fused-ring (bicyclic) bond motifs is 1. The minimum Gasteiger partial charge on any atom is -0.292 e. The van der Waals surface area contributed by atoms with Crippen molar-refractivity contribution in [3.63, 3.8) is 0 Å². The number of carbonyl (C=O) groups is 1. The lowest BCUT2D eigenvalue weighted by atomic mass is 10.2. The lowest BCUT2D eigenvalue weighted by Crippen LogP contribution is -2.21. The lowest BCUT2D eigenvalue weighted by molar-refractivity contribution is -0.141. The Balaban J connectivity index is 2.13. The maximum atomic E-state index is 13.3. The van der Waals surface area contributed by atoms with Crippen LogP contribution in [-0.2, 0) is 18.9 Å². The summed E-state index contributed by atoms with van der Waals surface area (Å²) in [6.45, 7) is 0.855. The molecule has 0 amide bonds.